The van der Waals surface area contributed by atoms with Gasteiger partial charge in [0.1, 0.15) is 27.6 Å². The Morgan fingerprint density at radius 3 is 2.74 bits per heavy atom. The first-order valence-corrected chi connectivity index (χ1v) is 7.65. The summed E-state index contributed by atoms with van der Waals surface area (Å²) in [6.07, 6.45) is 1.35. The van der Waals surface area contributed by atoms with Gasteiger partial charge in [-0.2, -0.15) is 10.2 Å². The van der Waals surface area contributed by atoms with E-state index in [2.05, 4.69) is 9.97 Å². The molecule has 0 amide bonds. The van der Waals surface area contributed by atoms with Crippen molar-refractivity contribution >= 4 is 44.4 Å². The number of aliphatic hydroxyl groups excluding tert-OH is 1. The van der Waals surface area contributed by atoms with Crippen LogP contribution in [0.2, 0.25) is 5.15 Å². The molecule has 0 aliphatic carbocycles. The van der Waals surface area contributed by atoms with Crippen LogP contribution < -0.4 is 5.56 Å². The number of aliphatic hydroxyl groups is 1. The van der Waals surface area contributed by atoms with E-state index in [1.165, 1.54) is 18.3 Å². The number of nitrogens with zero attached hydrogens (tertiary/aromatic N) is 3. The van der Waals surface area contributed by atoms with E-state index in [1.54, 1.807) is 24.3 Å². The van der Waals surface area contributed by atoms with Gasteiger partial charge < -0.3 is 5.11 Å². The minimum absolute atomic E-state index is 0.0815. The third-order valence-corrected chi connectivity index (χ3v) is 4.38. The van der Waals surface area contributed by atoms with Crippen molar-refractivity contribution in [2.24, 2.45) is 0 Å². The average Bonchev–Trinajstić information content (AvgIpc) is 2.56. The van der Waals surface area contributed by atoms with Crippen molar-refractivity contribution in [3.05, 3.63) is 68.7 Å². The number of allylic oxidation sites excluding steroid dienone is 1. The highest BCUT2D eigenvalue weighted by atomic mass is 35.5. The lowest BCUT2D eigenvalue weighted by Gasteiger charge is -2.04. The molecule has 0 spiro atoms. The number of aromatic nitrogens is 2. The minimum atomic E-state index is -0.441. The van der Waals surface area contributed by atoms with E-state index in [-0.39, 0.29) is 21.5 Å². The second-order valence-electron chi connectivity index (χ2n) is 4.53. The maximum absolute atomic E-state index is 12.1. The number of rotatable bonds is 2. The quantitative estimate of drug-likeness (QED) is 0.436. The second-order valence-corrected chi connectivity index (χ2v) is 5.94. The predicted molar refractivity (Wildman–Crippen MR) is 90.2 cm³/mol. The summed E-state index contributed by atoms with van der Waals surface area (Å²) in [7, 11) is 0. The molecule has 0 aliphatic rings. The molecular weight excluding hydrogens is 334 g/mol. The Morgan fingerprint density at radius 2 is 2.04 bits per heavy atom. The van der Waals surface area contributed by atoms with Crippen LogP contribution in [0.1, 0.15) is 10.6 Å². The predicted octanol–water partition coefficient (Wildman–Crippen LogP) is 3.65. The van der Waals surface area contributed by atoms with Crippen molar-refractivity contribution in [2.75, 3.05) is 0 Å². The number of hydrogen-bond acceptors (Lipinski definition) is 6. The lowest BCUT2D eigenvalue weighted by atomic mass is 10.1. The highest BCUT2D eigenvalue weighted by Gasteiger charge is 2.15. The van der Waals surface area contributed by atoms with Crippen molar-refractivity contribution < 1.29 is 5.11 Å². The van der Waals surface area contributed by atoms with Gasteiger partial charge in [0, 0.05) is 16.5 Å². The Balaban J connectivity index is 2.22. The molecule has 0 fully saturated rings. The fourth-order valence-corrected chi connectivity index (χ4v) is 3.09. The summed E-state index contributed by atoms with van der Waals surface area (Å²) in [6, 6.07) is 11.9. The van der Waals surface area contributed by atoms with Crippen LogP contribution in [0.25, 0.3) is 21.4 Å². The van der Waals surface area contributed by atoms with Crippen molar-refractivity contribution in [2.45, 2.75) is 0 Å². The standard InChI is InChI=1S/C16H8ClN3O2S/c17-13-6-5-9(8-19-13)14(21)11(7-18)16-20-15(22)10-3-1-2-4-12(10)23-16/h1-6,8,21H/b14-11-. The van der Waals surface area contributed by atoms with E-state index in [4.69, 9.17) is 11.6 Å². The zero-order valence-corrected chi connectivity index (χ0v) is 13.1. The lowest BCUT2D eigenvalue weighted by Crippen LogP contribution is -2.07. The van der Waals surface area contributed by atoms with Crippen molar-refractivity contribution in [3.63, 3.8) is 0 Å². The molecule has 2 heterocycles. The highest BCUT2D eigenvalue weighted by Crippen LogP contribution is 2.27. The molecule has 3 aromatic rings. The van der Waals surface area contributed by atoms with Gasteiger partial charge >= 0.3 is 0 Å². The first kappa shape index (κ1) is 15.2. The Morgan fingerprint density at radius 1 is 1.26 bits per heavy atom. The number of benzene rings is 1. The molecule has 3 rings (SSSR count). The summed E-state index contributed by atoms with van der Waals surface area (Å²) in [5.41, 5.74) is -0.202. The minimum Gasteiger partial charge on any atom is -0.506 e. The Bertz CT molecular complexity index is 1020. The first-order chi connectivity index (χ1) is 11.1. The number of fused-ring (bicyclic) bond motifs is 1. The van der Waals surface area contributed by atoms with Crippen LogP contribution >= 0.6 is 22.9 Å². The van der Waals surface area contributed by atoms with Gasteiger partial charge in [-0.25, -0.2) is 4.98 Å². The summed E-state index contributed by atoms with van der Waals surface area (Å²) in [6.45, 7) is 0. The summed E-state index contributed by atoms with van der Waals surface area (Å²) in [4.78, 5) is 19.8. The zero-order chi connectivity index (χ0) is 16.4. The monoisotopic (exact) mass is 341 g/mol. The summed E-state index contributed by atoms with van der Waals surface area (Å²) in [5.74, 6) is -0.296. The van der Waals surface area contributed by atoms with Crippen LogP contribution in [0, 0.1) is 11.3 Å². The molecule has 5 nitrogen and oxygen atoms in total. The van der Waals surface area contributed by atoms with Gasteiger partial charge in [0.2, 0.25) is 0 Å². The van der Waals surface area contributed by atoms with Crippen LogP contribution in [0.4, 0.5) is 0 Å². The average molecular weight is 342 g/mol. The first-order valence-electron chi connectivity index (χ1n) is 6.45. The van der Waals surface area contributed by atoms with Crippen LogP contribution in [0.15, 0.2) is 47.4 Å². The number of hydrogen-bond donors (Lipinski definition) is 1. The van der Waals surface area contributed by atoms with Gasteiger partial charge in [-0.3, -0.25) is 4.79 Å². The SMILES string of the molecule is N#C/C(=C(/O)c1ccc(Cl)nc1)c1nc(=O)c2ccccc2s1. The van der Waals surface area contributed by atoms with E-state index in [0.29, 0.717) is 15.6 Å². The fraction of sp³-hybridized carbons (Fsp3) is 0. The van der Waals surface area contributed by atoms with Crippen LogP contribution in [-0.2, 0) is 0 Å². The van der Waals surface area contributed by atoms with E-state index < -0.39 is 5.56 Å². The van der Waals surface area contributed by atoms with E-state index in [9.17, 15) is 15.2 Å². The van der Waals surface area contributed by atoms with Crippen molar-refractivity contribution in [1.29, 1.82) is 5.26 Å². The third-order valence-electron chi connectivity index (χ3n) is 3.09. The molecule has 23 heavy (non-hydrogen) atoms. The van der Waals surface area contributed by atoms with Crippen molar-refractivity contribution in [3.8, 4) is 6.07 Å². The highest BCUT2D eigenvalue weighted by molar-refractivity contribution is 7.19. The molecule has 0 radical (unpaired) electrons. The summed E-state index contributed by atoms with van der Waals surface area (Å²) in [5, 5.41) is 20.6. The molecular formula is C16H8ClN3O2S. The molecule has 0 saturated carbocycles. The topological polar surface area (TPSA) is 86.9 Å². The van der Waals surface area contributed by atoms with Crippen LogP contribution in [0.5, 0.6) is 0 Å². The Labute approximate surface area is 139 Å². The van der Waals surface area contributed by atoms with Gasteiger partial charge in [-0.15, -0.1) is 11.3 Å². The zero-order valence-electron chi connectivity index (χ0n) is 11.5. The maximum Gasteiger partial charge on any atom is 0.279 e. The van der Waals surface area contributed by atoms with Gasteiger partial charge in [-0.05, 0) is 24.3 Å². The molecule has 1 aromatic carbocycles. The molecule has 0 bridgehead atoms. The summed E-state index contributed by atoms with van der Waals surface area (Å²) >= 11 is 6.87. The summed E-state index contributed by atoms with van der Waals surface area (Å²) < 4.78 is 0.692. The molecule has 7 heteroatoms. The van der Waals surface area contributed by atoms with E-state index >= 15 is 0 Å². The molecule has 0 aliphatic heterocycles. The van der Waals surface area contributed by atoms with Gasteiger partial charge in [0.05, 0.1) is 5.39 Å². The van der Waals surface area contributed by atoms with Gasteiger partial charge in [0.15, 0.2) is 0 Å². The molecule has 1 N–H and O–H groups in total. The Hall–Kier alpha value is -2.75. The molecule has 112 valence electrons. The van der Waals surface area contributed by atoms with E-state index in [0.717, 1.165) is 11.3 Å². The number of pyridine rings is 1. The van der Waals surface area contributed by atoms with Gasteiger partial charge in [0.25, 0.3) is 5.56 Å². The lowest BCUT2D eigenvalue weighted by molar-refractivity contribution is 0.513. The fourth-order valence-electron chi connectivity index (χ4n) is 1.98. The number of halogens is 1. The molecule has 2 aromatic heterocycles. The third kappa shape index (κ3) is 2.93. The van der Waals surface area contributed by atoms with Gasteiger partial charge in [-0.1, -0.05) is 23.7 Å². The Kier molecular flexibility index (Phi) is 4.06. The largest absolute Gasteiger partial charge is 0.506 e. The number of nitriles is 1. The normalized spacial score (nSPS) is 11.8. The van der Waals surface area contributed by atoms with Crippen LogP contribution in [-0.4, -0.2) is 15.1 Å². The van der Waals surface area contributed by atoms with Crippen LogP contribution in [0.3, 0.4) is 0 Å². The second kappa shape index (κ2) is 6.16. The molecule has 0 saturated heterocycles. The van der Waals surface area contributed by atoms with Crippen molar-refractivity contribution in [1.82, 2.24) is 9.97 Å². The smallest absolute Gasteiger partial charge is 0.279 e. The maximum atomic E-state index is 12.1. The molecule has 0 unspecified atom stereocenters. The van der Waals surface area contributed by atoms with E-state index in [1.807, 2.05) is 6.07 Å². The molecule has 0 atom stereocenters.